The number of likely N-dealkylation sites (tertiary alicyclic amines) is 1. The van der Waals surface area contributed by atoms with Crippen molar-refractivity contribution in [1.29, 1.82) is 0 Å². The molecule has 3 aromatic rings. The summed E-state index contributed by atoms with van der Waals surface area (Å²) in [6.07, 6.45) is 3.47. The van der Waals surface area contributed by atoms with E-state index in [4.69, 9.17) is 9.47 Å². The number of nitrogens with one attached hydrogen (secondary N) is 1. The average Bonchev–Trinajstić information content (AvgIpc) is 2.98. The lowest BCUT2D eigenvalue weighted by atomic mass is 10.0. The van der Waals surface area contributed by atoms with Crippen LogP contribution < -0.4 is 14.8 Å². The van der Waals surface area contributed by atoms with Gasteiger partial charge in [-0.2, -0.15) is 0 Å². The van der Waals surface area contributed by atoms with Gasteiger partial charge in [0.1, 0.15) is 12.2 Å². The molecule has 0 aliphatic carbocycles. The first-order chi connectivity index (χ1) is 19.5. The molecule has 1 saturated heterocycles. The Hall–Kier alpha value is -3.95. The Labute approximate surface area is 235 Å². The molecule has 1 aromatic heterocycles. The molecule has 2 aliphatic heterocycles. The van der Waals surface area contributed by atoms with Crippen molar-refractivity contribution < 1.29 is 19.1 Å². The number of nitrogens with zero attached hydrogens (tertiary/aromatic N) is 4. The van der Waals surface area contributed by atoms with Gasteiger partial charge in [0.25, 0.3) is 5.91 Å². The molecule has 0 bridgehead atoms. The van der Waals surface area contributed by atoms with Crippen molar-refractivity contribution in [2.45, 2.75) is 25.4 Å². The third-order valence-electron chi connectivity index (χ3n) is 7.39. The summed E-state index contributed by atoms with van der Waals surface area (Å²) in [6.45, 7) is 4.99. The summed E-state index contributed by atoms with van der Waals surface area (Å²) < 4.78 is 12.1. The van der Waals surface area contributed by atoms with E-state index < -0.39 is 0 Å². The number of carbonyl (C=O) groups is 2. The number of hydrogen-bond donors (Lipinski definition) is 1. The molecule has 3 heterocycles. The molecular formula is C31H37N5O4. The third-order valence-corrected chi connectivity index (χ3v) is 7.39. The maximum Gasteiger partial charge on any atom is 0.259 e. The Bertz CT molecular complexity index is 1280. The van der Waals surface area contributed by atoms with Crippen LogP contribution in [-0.4, -0.2) is 90.5 Å². The van der Waals surface area contributed by atoms with Crippen LogP contribution in [0.1, 0.15) is 28.8 Å². The summed E-state index contributed by atoms with van der Waals surface area (Å²) in [5, 5.41) is 3.24. The Kier molecular flexibility index (Phi) is 9.26. The van der Waals surface area contributed by atoms with Crippen LogP contribution in [0.2, 0.25) is 0 Å². The van der Waals surface area contributed by atoms with E-state index in [-0.39, 0.29) is 30.3 Å². The van der Waals surface area contributed by atoms with E-state index in [9.17, 15) is 9.59 Å². The number of hydrogen-bond acceptors (Lipinski definition) is 7. The molecule has 0 unspecified atom stereocenters. The Morgan fingerprint density at radius 2 is 1.65 bits per heavy atom. The van der Waals surface area contributed by atoms with E-state index in [0.29, 0.717) is 43.3 Å². The molecule has 2 aromatic carbocycles. The monoisotopic (exact) mass is 543 g/mol. The minimum absolute atomic E-state index is 0.00177. The summed E-state index contributed by atoms with van der Waals surface area (Å²) in [4.78, 5) is 36.7. The number of fused-ring (bicyclic) bond motifs is 2. The van der Waals surface area contributed by atoms with Crippen molar-refractivity contribution in [2.75, 3.05) is 52.9 Å². The highest BCUT2D eigenvalue weighted by Gasteiger charge is 2.24. The number of likely N-dealkylation sites (N-methyl/N-ethyl adjacent to an activating group) is 1. The summed E-state index contributed by atoms with van der Waals surface area (Å²) in [5.74, 6) is 1.09. The van der Waals surface area contributed by atoms with E-state index in [1.165, 1.54) is 5.56 Å². The largest absolute Gasteiger partial charge is 0.488 e. The molecule has 0 spiro atoms. The number of pyridine rings is 1. The van der Waals surface area contributed by atoms with E-state index in [0.717, 1.165) is 32.5 Å². The Balaban J connectivity index is 1.19. The van der Waals surface area contributed by atoms with Gasteiger partial charge in [-0.1, -0.05) is 42.5 Å². The number of aromatic nitrogens is 1. The summed E-state index contributed by atoms with van der Waals surface area (Å²) >= 11 is 0. The number of carbonyl (C=O) groups excluding carboxylic acids is 2. The van der Waals surface area contributed by atoms with Crippen LogP contribution in [-0.2, 0) is 11.3 Å². The predicted octanol–water partition coefficient (Wildman–Crippen LogP) is 3.42. The zero-order valence-electron chi connectivity index (χ0n) is 23.0. The third kappa shape index (κ3) is 7.37. The highest BCUT2D eigenvalue weighted by atomic mass is 16.5. The van der Waals surface area contributed by atoms with E-state index >= 15 is 0 Å². The molecule has 0 atom stereocenters. The molecular weight excluding hydrogens is 506 g/mol. The van der Waals surface area contributed by atoms with E-state index in [2.05, 4.69) is 39.5 Å². The van der Waals surface area contributed by atoms with Crippen LogP contribution in [0.5, 0.6) is 17.4 Å². The Morgan fingerprint density at radius 1 is 0.900 bits per heavy atom. The van der Waals surface area contributed by atoms with Gasteiger partial charge in [0.05, 0.1) is 6.54 Å². The standard InChI is InChI=1S/C31H37N5O4/c1-34-18-19-36(23-29(37)33-25-13-16-35(17-14-25)22-24-8-3-2-4-9-24)20-21-39-27-11-5-6-12-28(27)40-30-26(31(34)38)10-7-15-32-30/h2-12,15,25H,13-14,16-23H2,1H3,(H,33,37). The van der Waals surface area contributed by atoms with Crippen LogP contribution >= 0.6 is 0 Å². The van der Waals surface area contributed by atoms with Crippen LogP contribution in [0.25, 0.3) is 0 Å². The SMILES string of the molecule is CN1CCN(CC(=O)NC2CCN(Cc3ccccc3)CC2)CCOc2ccccc2Oc2ncccc2C1=O. The van der Waals surface area contributed by atoms with Gasteiger partial charge >= 0.3 is 0 Å². The molecule has 9 nitrogen and oxygen atoms in total. The first-order valence-electron chi connectivity index (χ1n) is 13.9. The minimum atomic E-state index is -0.188. The van der Waals surface area contributed by atoms with E-state index in [1.54, 1.807) is 36.3 Å². The molecule has 2 amide bonds. The van der Waals surface area contributed by atoms with Crippen LogP contribution in [0.15, 0.2) is 72.9 Å². The minimum Gasteiger partial charge on any atom is -0.488 e. The van der Waals surface area contributed by atoms with Gasteiger partial charge in [-0.3, -0.25) is 19.4 Å². The molecule has 2 aliphatic rings. The van der Waals surface area contributed by atoms with Gasteiger partial charge in [0, 0.05) is 58.6 Å². The fraction of sp³-hybridized carbons (Fsp3) is 0.387. The van der Waals surface area contributed by atoms with Crippen molar-refractivity contribution in [3.05, 3.63) is 84.1 Å². The van der Waals surface area contributed by atoms with Gasteiger partial charge in [-0.05, 0) is 42.7 Å². The van der Waals surface area contributed by atoms with Gasteiger partial charge in [-0.25, -0.2) is 4.98 Å². The van der Waals surface area contributed by atoms with Gasteiger partial charge < -0.3 is 19.7 Å². The van der Waals surface area contributed by atoms with Crippen LogP contribution in [0, 0.1) is 0 Å². The van der Waals surface area contributed by atoms with Gasteiger partial charge in [0.15, 0.2) is 11.5 Å². The number of piperidine rings is 1. The molecule has 40 heavy (non-hydrogen) atoms. The second-order valence-corrected chi connectivity index (χ2v) is 10.4. The smallest absolute Gasteiger partial charge is 0.259 e. The molecule has 1 N–H and O–H groups in total. The van der Waals surface area contributed by atoms with Crippen LogP contribution in [0.3, 0.4) is 0 Å². The number of ether oxygens (including phenoxy) is 2. The zero-order chi connectivity index (χ0) is 27.7. The maximum absolute atomic E-state index is 13.3. The van der Waals surface area contributed by atoms with Crippen molar-refractivity contribution in [1.82, 2.24) is 25.0 Å². The first kappa shape index (κ1) is 27.6. The lowest BCUT2D eigenvalue weighted by molar-refractivity contribution is -0.123. The molecule has 0 saturated carbocycles. The Morgan fingerprint density at radius 3 is 2.45 bits per heavy atom. The highest BCUT2D eigenvalue weighted by molar-refractivity contribution is 5.96. The van der Waals surface area contributed by atoms with E-state index in [1.807, 2.05) is 29.2 Å². The summed E-state index contributed by atoms with van der Waals surface area (Å²) in [7, 11) is 1.75. The zero-order valence-corrected chi connectivity index (χ0v) is 23.0. The number of para-hydroxylation sites is 2. The average molecular weight is 544 g/mol. The number of amides is 2. The van der Waals surface area contributed by atoms with Crippen molar-refractivity contribution in [3.63, 3.8) is 0 Å². The fourth-order valence-corrected chi connectivity index (χ4v) is 5.10. The second-order valence-electron chi connectivity index (χ2n) is 10.4. The molecule has 0 radical (unpaired) electrons. The van der Waals surface area contributed by atoms with Gasteiger partial charge in [-0.15, -0.1) is 0 Å². The maximum atomic E-state index is 13.3. The van der Waals surface area contributed by atoms with Crippen molar-refractivity contribution in [2.24, 2.45) is 0 Å². The fourth-order valence-electron chi connectivity index (χ4n) is 5.10. The number of benzene rings is 2. The second kappa shape index (κ2) is 13.4. The lowest BCUT2D eigenvalue weighted by Gasteiger charge is -2.33. The predicted molar refractivity (Wildman–Crippen MR) is 153 cm³/mol. The topological polar surface area (TPSA) is 87.2 Å². The molecule has 210 valence electrons. The van der Waals surface area contributed by atoms with Crippen LogP contribution in [0.4, 0.5) is 0 Å². The van der Waals surface area contributed by atoms with Gasteiger partial charge in [0.2, 0.25) is 11.8 Å². The molecule has 5 rings (SSSR count). The quantitative estimate of drug-likeness (QED) is 0.528. The lowest BCUT2D eigenvalue weighted by Crippen LogP contribution is -2.48. The summed E-state index contributed by atoms with van der Waals surface area (Å²) in [6, 6.07) is 21.4. The summed E-state index contributed by atoms with van der Waals surface area (Å²) in [5.41, 5.74) is 1.69. The molecule has 9 heteroatoms. The van der Waals surface area contributed by atoms with Crippen molar-refractivity contribution >= 4 is 11.8 Å². The normalized spacial score (nSPS) is 17.7. The first-order valence-corrected chi connectivity index (χ1v) is 13.9. The number of rotatable bonds is 5. The van der Waals surface area contributed by atoms with Crippen molar-refractivity contribution in [3.8, 4) is 17.4 Å². The molecule has 1 fully saturated rings. The highest BCUT2D eigenvalue weighted by Crippen LogP contribution is 2.32.